The lowest BCUT2D eigenvalue weighted by atomic mass is 10.1. The first kappa shape index (κ1) is 15.1. The molecule has 1 amide bonds. The van der Waals surface area contributed by atoms with E-state index in [1.54, 1.807) is 11.9 Å². The molecule has 0 spiro atoms. The third-order valence-corrected chi connectivity index (χ3v) is 4.12. The van der Waals surface area contributed by atoms with E-state index in [4.69, 9.17) is 11.6 Å². The zero-order chi connectivity index (χ0) is 14.7. The molecule has 0 fully saturated rings. The van der Waals surface area contributed by atoms with Crippen LogP contribution in [0.25, 0.3) is 0 Å². The highest BCUT2D eigenvalue weighted by molar-refractivity contribution is 9.10. The number of aryl methyl sites for hydroxylation is 1. The maximum absolute atomic E-state index is 12.5. The van der Waals surface area contributed by atoms with Crippen LogP contribution in [-0.4, -0.2) is 17.9 Å². The van der Waals surface area contributed by atoms with Crippen molar-refractivity contribution in [1.82, 2.24) is 4.90 Å². The van der Waals surface area contributed by atoms with Crippen molar-refractivity contribution in [3.63, 3.8) is 0 Å². The van der Waals surface area contributed by atoms with Gasteiger partial charge >= 0.3 is 0 Å². The summed E-state index contributed by atoms with van der Waals surface area (Å²) in [6.07, 6.45) is 0. The Bertz CT molecular complexity index is 642. The predicted molar refractivity (Wildman–Crippen MR) is 86.1 cm³/mol. The second-order valence-electron chi connectivity index (χ2n) is 4.74. The van der Waals surface area contributed by atoms with Crippen LogP contribution in [0.1, 0.15) is 21.5 Å². The lowest BCUT2D eigenvalue weighted by Crippen LogP contribution is -2.26. The van der Waals surface area contributed by atoms with Gasteiger partial charge in [-0.2, -0.15) is 0 Å². The van der Waals surface area contributed by atoms with Gasteiger partial charge in [-0.15, -0.1) is 0 Å². The summed E-state index contributed by atoms with van der Waals surface area (Å²) in [5, 5.41) is 0.676. The highest BCUT2D eigenvalue weighted by atomic mass is 79.9. The summed E-state index contributed by atoms with van der Waals surface area (Å²) in [6.45, 7) is 2.45. The number of nitrogens with zero attached hydrogens (tertiary/aromatic N) is 1. The molecule has 20 heavy (non-hydrogen) atoms. The van der Waals surface area contributed by atoms with Gasteiger partial charge in [0.1, 0.15) is 0 Å². The molecule has 0 N–H and O–H groups in total. The molecule has 0 heterocycles. The zero-order valence-corrected chi connectivity index (χ0v) is 13.7. The van der Waals surface area contributed by atoms with Gasteiger partial charge in [0.15, 0.2) is 0 Å². The summed E-state index contributed by atoms with van der Waals surface area (Å²) in [7, 11) is 1.78. The number of halogens is 2. The maximum Gasteiger partial charge on any atom is 0.255 e. The third kappa shape index (κ3) is 3.41. The first-order valence-electron chi connectivity index (χ1n) is 6.24. The number of hydrogen-bond donors (Lipinski definition) is 0. The normalized spacial score (nSPS) is 10.4. The number of benzene rings is 2. The van der Waals surface area contributed by atoms with Crippen molar-refractivity contribution in [3.05, 3.63) is 68.7 Å². The van der Waals surface area contributed by atoms with E-state index in [1.165, 1.54) is 0 Å². The number of carbonyl (C=O) groups excluding carboxylic acids is 1. The van der Waals surface area contributed by atoms with E-state index in [1.807, 2.05) is 49.4 Å². The van der Waals surface area contributed by atoms with Crippen molar-refractivity contribution in [1.29, 1.82) is 0 Å². The monoisotopic (exact) mass is 351 g/mol. The first-order chi connectivity index (χ1) is 9.49. The van der Waals surface area contributed by atoms with E-state index < -0.39 is 0 Å². The summed E-state index contributed by atoms with van der Waals surface area (Å²) < 4.78 is 0.805. The summed E-state index contributed by atoms with van der Waals surface area (Å²) in [4.78, 5) is 14.2. The molecule has 0 bridgehead atoms. The van der Waals surface area contributed by atoms with Crippen LogP contribution in [-0.2, 0) is 6.54 Å². The Morgan fingerprint density at radius 2 is 1.95 bits per heavy atom. The fourth-order valence-corrected chi connectivity index (χ4v) is 2.57. The Balaban J connectivity index is 2.21. The molecule has 0 aliphatic heterocycles. The van der Waals surface area contributed by atoms with Crippen molar-refractivity contribution >= 4 is 33.4 Å². The van der Waals surface area contributed by atoms with Gasteiger partial charge in [0, 0.05) is 23.1 Å². The Morgan fingerprint density at radius 3 is 2.65 bits per heavy atom. The standard InChI is InChI=1S/C16H15BrClNO/c1-11-7-8-14(17)13(9-11)16(20)19(2)10-12-5-3-4-6-15(12)18/h3-9H,10H2,1-2H3. The average molecular weight is 353 g/mol. The minimum atomic E-state index is -0.0273. The quantitative estimate of drug-likeness (QED) is 0.785. The number of rotatable bonds is 3. The molecule has 0 radical (unpaired) electrons. The molecule has 2 rings (SSSR count). The van der Waals surface area contributed by atoms with Gasteiger partial charge in [0.2, 0.25) is 0 Å². The smallest absolute Gasteiger partial charge is 0.255 e. The van der Waals surface area contributed by atoms with Crippen LogP contribution in [0.3, 0.4) is 0 Å². The first-order valence-corrected chi connectivity index (χ1v) is 7.41. The van der Waals surface area contributed by atoms with Crippen molar-refractivity contribution in [2.24, 2.45) is 0 Å². The lowest BCUT2D eigenvalue weighted by molar-refractivity contribution is 0.0784. The molecule has 2 aromatic carbocycles. The van der Waals surface area contributed by atoms with Gasteiger partial charge in [0.05, 0.1) is 5.56 Å². The molecule has 2 nitrogen and oxygen atoms in total. The summed E-state index contributed by atoms with van der Waals surface area (Å²) >= 11 is 9.55. The van der Waals surface area contributed by atoms with Crippen LogP contribution in [0.5, 0.6) is 0 Å². The fraction of sp³-hybridized carbons (Fsp3) is 0.188. The molecule has 0 atom stereocenters. The predicted octanol–water partition coefficient (Wildman–Crippen LogP) is 4.68. The van der Waals surface area contributed by atoms with Crippen LogP contribution >= 0.6 is 27.5 Å². The van der Waals surface area contributed by atoms with E-state index in [-0.39, 0.29) is 5.91 Å². The van der Waals surface area contributed by atoms with Gasteiger partial charge in [0.25, 0.3) is 5.91 Å². The number of amides is 1. The van der Waals surface area contributed by atoms with E-state index >= 15 is 0 Å². The maximum atomic E-state index is 12.5. The molecule has 0 saturated heterocycles. The summed E-state index contributed by atoms with van der Waals surface area (Å²) in [6, 6.07) is 13.3. The van der Waals surface area contributed by atoms with Crippen LogP contribution in [0, 0.1) is 6.92 Å². The number of carbonyl (C=O) groups is 1. The van der Waals surface area contributed by atoms with E-state index in [9.17, 15) is 4.79 Å². The molecule has 0 aliphatic rings. The highest BCUT2D eigenvalue weighted by Crippen LogP contribution is 2.22. The zero-order valence-electron chi connectivity index (χ0n) is 11.4. The molecule has 4 heteroatoms. The minimum absolute atomic E-state index is 0.0273. The van der Waals surface area contributed by atoms with Gasteiger partial charge < -0.3 is 4.90 Å². The molecular formula is C16H15BrClNO. The van der Waals surface area contributed by atoms with Crippen LogP contribution < -0.4 is 0 Å². The van der Waals surface area contributed by atoms with Crippen LogP contribution in [0.2, 0.25) is 5.02 Å². The van der Waals surface area contributed by atoms with Gasteiger partial charge in [-0.1, -0.05) is 41.4 Å². The van der Waals surface area contributed by atoms with E-state index in [0.29, 0.717) is 17.1 Å². The summed E-state index contributed by atoms with van der Waals surface area (Å²) in [5.41, 5.74) is 2.66. The van der Waals surface area contributed by atoms with Crippen molar-refractivity contribution in [3.8, 4) is 0 Å². The molecule has 0 aromatic heterocycles. The fourth-order valence-electron chi connectivity index (χ4n) is 1.96. The van der Waals surface area contributed by atoms with E-state index in [0.717, 1.165) is 15.6 Å². The molecular weight excluding hydrogens is 338 g/mol. The van der Waals surface area contributed by atoms with Crippen LogP contribution in [0.15, 0.2) is 46.9 Å². The van der Waals surface area contributed by atoms with Crippen molar-refractivity contribution in [2.75, 3.05) is 7.05 Å². The topological polar surface area (TPSA) is 20.3 Å². The molecule has 104 valence electrons. The molecule has 0 unspecified atom stereocenters. The molecule has 2 aromatic rings. The minimum Gasteiger partial charge on any atom is -0.337 e. The van der Waals surface area contributed by atoms with Crippen LogP contribution in [0.4, 0.5) is 0 Å². The Morgan fingerprint density at radius 1 is 1.25 bits per heavy atom. The van der Waals surface area contributed by atoms with Gasteiger partial charge in [-0.25, -0.2) is 0 Å². The Kier molecular flexibility index (Phi) is 4.84. The number of hydrogen-bond acceptors (Lipinski definition) is 1. The van der Waals surface area contributed by atoms with Gasteiger partial charge in [-0.05, 0) is 46.6 Å². The second-order valence-corrected chi connectivity index (χ2v) is 6.00. The Labute approximate surface area is 132 Å². The lowest BCUT2D eigenvalue weighted by Gasteiger charge is -2.19. The Hall–Kier alpha value is -1.32. The second kappa shape index (κ2) is 6.42. The SMILES string of the molecule is Cc1ccc(Br)c(C(=O)N(C)Cc2ccccc2Cl)c1. The average Bonchev–Trinajstić information content (AvgIpc) is 2.43. The summed E-state index contributed by atoms with van der Waals surface area (Å²) in [5.74, 6) is -0.0273. The largest absolute Gasteiger partial charge is 0.337 e. The highest BCUT2D eigenvalue weighted by Gasteiger charge is 2.16. The van der Waals surface area contributed by atoms with Gasteiger partial charge in [-0.3, -0.25) is 4.79 Å². The van der Waals surface area contributed by atoms with Crippen molar-refractivity contribution < 1.29 is 4.79 Å². The molecule has 0 saturated carbocycles. The van der Waals surface area contributed by atoms with Crippen molar-refractivity contribution in [2.45, 2.75) is 13.5 Å². The van der Waals surface area contributed by atoms with E-state index in [2.05, 4.69) is 15.9 Å². The molecule has 0 aliphatic carbocycles. The third-order valence-electron chi connectivity index (χ3n) is 3.06.